The molecule has 1 aliphatic rings. The molecule has 1 aliphatic heterocycles. The second kappa shape index (κ2) is 8.13. The van der Waals surface area contributed by atoms with Gasteiger partial charge in [0.25, 0.3) is 5.69 Å². The Kier molecular flexibility index (Phi) is 5.66. The zero-order valence-corrected chi connectivity index (χ0v) is 15.0. The van der Waals surface area contributed by atoms with Crippen LogP contribution in [0.15, 0.2) is 42.5 Å². The minimum atomic E-state index is -0.454. The number of carbonyl (C=O) groups excluding carboxylic acids is 1. The summed E-state index contributed by atoms with van der Waals surface area (Å²) in [7, 11) is 0. The molecular weight excluding hydrogens is 351 g/mol. The highest BCUT2D eigenvalue weighted by Crippen LogP contribution is 2.25. The molecule has 0 bridgehead atoms. The zero-order valence-electron chi connectivity index (χ0n) is 15.0. The van der Waals surface area contributed by atoms with Crippen molar-refractivity contribution in [1.82, 2.24) is 4.90 Å². The number of amides is 1. The number of para-hydroxylation sites is 1. The standard InChI is InChI=1S/C19H21FN4O3/c1-14-12-15(6-7-18(14)24(26)27)23-10-8-22(9-11-23)13-19(25)21-17-5-3-2-4-16(17)20/h2-7,12H,8-11,13H2,1H3,(H,21,25). The Morgan fingerprint density at radius 1 is 1.19 bits per heavy atom. The first-order valence-electron chi connectivity index (χ1n) is 8.71. The molecule has 1 amide bonds. The molecule has 1 N–H and O–H groups in total. The number of aryl methyl sites for hydroxylation is 1. The monoisotopic (exact) mass is 372 g/mol. The molecular formula is C19H21FN4O3. The van der Waals surface area contributed by atoms with Gasteiger partial charge in [-0.25, -0.2) is 4.39 Å². The van der Waals surface area contributed by atoms with Gasteiger partial charge < -0.3 is 10.2 Å². The number of benzene rings is 2. The fourth-order valence-corrected chi connectivity index (χ4v) is 3.16. The second-order valence-electron chi connectivity index (χ2n) is 6.52. The van der Waals surface area contributed by atoms with Gasteiger partial charge in [-0.05, 0) is 31.2 Å². The molecule has 2 aromatic carbocycles. The molecule has 1 heterocycles. The van der Waals surface area contributed by atoms with Crippen LogP contribution in [-0.4, -0.2) is 48.5 Å². The van der Waals surface area contributed by atoms with Crippen LogP contribution in [0.1, 0.15) is 5.56 Å². The van der Waals surface area contributed by atoms with E-state index in [1.807, 2.05) is 11.0 Å². The Balaban J connectivity index is 1.53. The highest BCUT2D eigenvalue weighted by Gasteiger charge is 2.21. The molecule has 0 aliphatic carbocycles. The normalized spacial score (nSPS) is 14.8. The van der Waals surface area contributed by atoms with Gasteiger partial charge in [0.05, 0.1) is 17.2 Å². The number of nitro benzene ring substituents is 1. The topological polar surface area (TPSA) is 78.7 Å². The Morgan fingerprint density at radius 2 is 1.89 bits per heavy atom. The number of halogens is 1. The lowest BCUT2D eigenvalue weighted by molar-refractivity contribution is -0.385. The maximum absolute atomic E-state index is 13.6. The van der Waals surface area contributed by atoms with Crippen molar-refractivity contribution in [2.45, 2.75) is 6.92 Å². The number of anilines is 2. The predicted octanol–water partition coefficient (Wildman–Crippen LogP) is 2.80. The summed E-state index contributed by atoms with van der Waals surface area (Å²) in [4.78, 5) is 26.8. The van der Waals surface area contributed by atoms with E-state index in [-0.39, 0.29) is 28.8 Å². The number of nitrogens with one attached hydrogen (secondary N) is 1. The molecule has 0 saturated carbocycles. The summed E-state index contributed by atoms with van der Waals surface area (Å²) >= 11 is 0. The molecule has 0 aromatic heterocycles. The maximum Gasteiger partial charge on any atom is 0.272 e. The van der Waals surface area contributed by atoms with Crippen LogP contribution >= 0.6 is 0 Å². The molecule has 0 atom stereocenters. The third-order valence-corrected chi connectivity index (χ3v) is 4.63. The summed E-state index contributed by atoms with van der Waals surface area (Å²) in [6, 6.07) is 11.2. The maximum atomic E-state index is 13.6. The summed E-state index contributed by atoms with van der Waals surface area (Å²) in [5, 5.41) is 13.5. The minimum absolute atomic E-state index is 0.113. The van der Waals surface area contributed by atoms with Crippen molar-refractivity contribution in [3.05, 3.63) is 64.0 Å². The van der Waals surface area contributed by atoms with Gasteiger partial charge in [0.2, 0.25) is 5.91 Å². The molecule has 142 valence electrons. The first-order valence-corrected chi connectivity index (χ1v) is 8.71. The zero-order chi connectivity index (χ0) is 19.4. The van der Waals surface area contributed by atoms with Gasteiger partial charge in [0.1, 0.15) is 5.82 Å². The summed E-state index contributed by atoms with van der Waals surface area (Å²) in [5.74, 6) is -0.705. The van der Waals surface area contributed by atoms with Crippen LogP contribution in [0.2, 0.25) is 0 Å². The molecule has 7 nitrogen and oxygen atoms in total. The number of piperazine rings is 1. The summed E-state index contributed by atoms with van der Waals surface area (Å²) in [6.07, 6.45) is 0. The van der Waals surface area contributed by atoms with Crippen molar-refractivity contribution in [3.8, 4) is 0 Å². The number of hydrogen-bond acceptors (Lipinski definition) is 5. The van der Waals surface area contributed by atoms with E-state index in [9.17, 15) is 19.3 Å². The third kappa shape index (κ3) is 4.59. The van der Waals surface area contributed by atoms with Gasteiger partial charge in [0.15, 0.2) is 0 Å². The Morgan fingerprint density at radius 3 is 2.52 bits per heavy atom. The molecule has 3 rings (SSSR count). The highest BCUT2D eigenvalue weighted by atomic mass is 19.1. The van der Waals surface area contributed by atoms with E-state index in [4.69, 9.17) is 0 Å². The van der Waals surface area contributed by atoms with E-state index in [1.165, 1.54) is 18.2 Å². The smallest absolute Gasteiger partial charge is 0.272 e. The van der Waals surface area contributed by atoms with E-state index >= 15 is 0 Å². The SMILES string of the molecule is Cc1cc(N2CCN(CC(=O)Nc3ccccc3F)CC2)ccc1[N+](=O)[O-]. The predicted molar refractivity (Wildman–Crippen MR) is 102 cm³/mol. The molecule has 27 heavy (non-hydrogen) atoms. The lowest BCUT2D eigenvalue weighted by Gasteiger charge is -2.35. The average molecular weight is 372 g/mol. The lowest BCUT2D eigenvalue weighted by atomic mass is 10.1. The van der Waals surface area contributed by atoms with Crippen LogP contribution in [0.4, 0.5) is 21.5 Å². The van der Waals surface area contributed by atoms with Gasteiger partial charge in [-0.1, -0.05) is 12.1 Å². The molecule has 0 radical (unpaired) electrons. The van der Waals surface area contributed by atoms with Crippen molar-refractivity contribution >= 4 is 23.0 Å². The van der Waals surface area contributed by atoms with Crippen LogP contribution in [0.3, 0.4) is 0 Å². The summed E-state index contributed by atoms with van der Waals surface area (Å²) in [6.45, 7) is 4.71. The first kappa shape index (κ1) is 18.8. The van der Waals surface area contributed by atoms with Crippen LogP contribution < -0.4 is 10.2 Å². The average Bonchev–Trinajstić information content (AvgIpc) is 2.64. The van der Waals surface area contributed by atoms with E-state index in [2.05, 4.69) is 10.2 Å². The van der Waals surface area contributed by atoms with Crippen LogP contribution in [-0.2, 0) is 4.79 Å². The van der Waals surface area contributed by atoms with Crippen LogP contribution in [0.5, 0.6) is 0 Å². The van der Waals surface area contributed by atoms with E-state index in [0.29, 0.717) is 31.7 Å². The molecule has 0 spiro atoms. The number of carbonyl (C=O) groups is 1. The van der Waals surface area contributed by atoms with E-state index in [0.717, 1.165) is 5.69 Å². The quantitative estimate of drug-likeness (QED) is 0.645. The summed E-state index contributed by atoms with van der Waals surface area (Å²) < 4.78 is 13.6. The van der Waals surface area contributed by atoms with Crippen LogP contribution in [0, 0.1) is 22.9 Å². The third-order valence-electron chi connectivity index (χ3n) is 4.63. The van der Waals surface area contributed by atoms with E-state index in [1.54, 1.807) is 25.1 Å². The molecule has 8 heteroatoms. The molecule has 2 aromatic rings. The van der Waals surface area contributed by atoms with Crippen molar-refractivity contribution in [3.63, 3.8) is 0 Å². The van der Waals surface area contributed by atoms with Crippen molar-refractivity contribution < 1.29 is 14.1 Å². The fraction of sp³-hybridized carbons (Fsp3) is 0.316. The molecule has 0 unspecified atom stereocenters. The van der Waals surface area contributed by atoms with E-state index < -0.39 is 5.82 Å². The number of nitro groups is 1. The number of nitrogens with zero attached hydrogens (tertiary/aromatic N) is 3. The Bertz CT molecular complexity index is 851. The second-order valence-corrected chi connectivity index (χ2v) is 6.52. The van der Waals surface area contributed by atoms with Crippen molar-refractivity contribution in [2.24, 2.45) is 0 Å². The van der Waals surface area contributed by atoms with Gasteiger partial charge in [0, 0.05) is 43.5 Å². The molecule has 1 fully saturated rings. The van der Waals surface area contributed by atoms with Gasteiger partial charge in [-0.15, -0.1) is 0 Å². The number of rotatable bonds is 5. The lowest BCUT2D eigenvalue weighted by Crippen LogP contribution is -2.48. The Hall–Kier alpha value is -3.00. The Labute approximate surface area is 156 Å². The number of hydrogen-bond donors (Lipinski definition) is 1. The van der Waals surface area contributed by atoms with Gasteiger partial charge in [-0.3, -0.25) is 19.8 Å². The largest absolute Gasteiger partial charge is 0.369 e. The van der Waals surface area contributed by atoms with Crippen molar-refractivity contribution in [1.29, 1.82) is 0 Å². The first-order chi connectivity index (χ1) is 12.9. The summed E-state index contributed by atoms with van der Waals surface area (Å²) in [5.41, 5.74) is 1.86. The minimum Gasteiger partial charge on any atom is -0.369 e. The molecule has 1 saturated heterocycles. The highest BCUT2D eigenvalue weighted by molar-refractivity contribution is 5.92. The van der Waals surface area contributed by atoms with Gasteiger partial charge >= 0.3 is 0 Å². The van der Waals surface area contributed by atoms with Crippen molar-refractivity contribution in [2.75, 3.05) is 42.9 Å². The van der Waals surface area contributed by atoms with Gasteiger partial charge in [-0.2, -0.15) is 0 Å². The fourth-order valence-electron chi connectivity index (χ4n) is 3.16. The van der Waals surface area contributed by atoms with Crippen LogP contribution in [0.25, 0.3) is 0 Å².